The lowest BCUT2D eigenvalue weighted by Crippen LogP contribution is -2.03. The van der Waals surface area contributed by atoms with Gasteiger partial charge in [0.05, 0.1) is 0 Å². The first-order chi connectivity index (χ1) is 15.2. The molecule has 0 amide bonds. The quantitative estimate of drug-likeness (QED) is 0.134. The molecule has 1 heterocycles. The minimum absolute atomic E-state index is 0.362. The number of esters is 1. The van der Waals surface area contributed by atoms with Crippen LogP contribution < -0.4 is 4.74 Å². The zero-order valence-corrected chi connectivity index (χ0v) is 19.3. The Balaban J connectivity index is 1.55. The van der Waals surface area contributed by atoms with E-state index in [0.29, 0.717) is 5.75 Å². The molecule has 0 saturated heterocycles. The van der Waals surface area contributed by atoms with Crippen LogP contribution in [0.5, 0.6) is 5.75 Å². The topological polar surface area (TPSA) is 39.2 Å². The summed E-state index contributed by atoms with van der Waals surface area (Å²) < 4.78 is 5.24. The molecule has 0 aliphatic rings. The van der Waals surface area contributed by atoms with Gasteiger partial charge in [0, 0.05) is 22.7 Å². The normalized spacial score (nSPS) is 11.2. The summed E-state index contributed by atoms with van der Waals surface area (Å²) in [6.45, 7) is 4.04. The predicted octanol–water partition coefficient (Wildman–Crippen LogP) is 7.86. The van der Waals surface area contributed by atoms with Crippen LogP contribution in [0, 0.1) is 0 Å². The molecule has 3 nitrogen and oxygen atoms in total. The van der Waals surface area contributed by atoms with E-state index in [1.54, 1.807) is 24.3 Å². The summed E-state index contributed by atoms with van der Waals surface area (Å²) in [5, 5.41) is 1.08. The average molecular weight is 434 g/mol. The lowest BCUT2D eigenvalue weighted by Gasteiger charge is -2.05. The number of carbonyl (C=O) groups excluding carboxylic acids is 1. The van der Waals surface area contributed by atoms with E-state index in [4.69, 9.17) is 4.74 Å². The fourth-order valence-electron chi connectivity index (χ4n) is 3.44. The van der Waals surface area contributed by atoms with Gasteiger partial charge in [0.1, 0.15) is 10.8 Å². The summed E-state index contributed by atoms with van der Waals surface area (Å²) in [5.74, 6) is 0.183. The lowest BCUT2D eigenvalue weighted by atomic mass is 10.0. The van der Waals surface area contributed by atoms with Crippen LogP contribution >= 0.6 is 11.3 Å². The molecule has 4 heteroatoms. The molecule has 0 fully saturated rings. The second-order valence-corrected chi connectivity index (χ2v) is 8.79. The average Bonchev–Trinajstić information content (AvgIpc) is 3.26. The number of aryl methyl sites for hydroxylation is 1. The maximum absolute atomic E-state index is 11.5. The summed E-state index contributed by atoms with van der Waals surface area (Å²) in [5.41, 5.74) is 3.36. The van der Waals surface area contributed by atoms with Gasteiger partial charge in [0.15, 0.2) is 0 Å². The van der Waals surface area contributed by atoms with Gasteiger partial charge < -0.3 is 4.74 Å². The Morgan fingerprint density at radius 2 is 1.52 bits per heavy atom. The third-order valence-electron chi connectivity index (χ3n) is 5.17. The van der Waals surface area contributed by atoms with Crippen molar-refractivity contribution in [1.82, 2.24) is 4.98 Å². The number of hydrogen-bond donors (Lipinski definition) is 0. The van der Waals surface area contributed by atoms with E-state index in [0.717, 1.165) is 28.1 Å². The molecule has 3 rings (SSSR count). The first-order valence-corrected chi connectivity index (χ1v) is 12.0. The molecule has 0 saturated carbocycles. The van der Waals surface area contributed by atoms with Crippen molar-refractivity contribution in [1.29, 1.82) is 0 Å². The molecule has 0 atom stereocenters. The minimum Gasteiger partial charge on any atom is -0.423 e. The van der Waals surface area contributed by atoms with Crippen LogP contribution in [0.1, 0.15) is 57.2 Å². The number of benzene rings is 2. The highest BCUT2D eigenvalue weighted by atomic mass is 32.1. The summed E-state index contributed by atoms with van der Waals surface area (Å²) in [6.07, 6.45) is 14.2. The van der Waals surface area contributed by atoms with Gasteiger partial charge in [0.2, 0.25) is 0 Å². The van der Waals surface area contributed by atoms with Gasteiger partial charge in [-0.2, -0.15) is 0 Å². The fourth-order valence-corrected chi connectivity index (χ4v) is 4.40. The maximum Gasteiger partial charge on any atom is 0.335 e. The summed E-state index contributed by atoms with van der Waals surface area (Å²) >= 11 is 1.80. The SMILES string of the molecule is C/C=C/C(=O)Oc1ccc(-c2ccc(-c3ncc(CCCCCCCC)s3)cc2)cc1. The molecule has 162 valence electrons. The van der Waals surface area contributed by atoms with E-state index < -0.39 is 0 Å². The number of aromatic nitrogens is 1. The Kier molecular flexibility index (Phi) is 9.04. The summed E-state index contributed by atoms with van der Waals surface area (Å²) in [6, 6.07) is 16.1. The van der Waals surface area contributed by atoms with Crippen LogP contribution in [0.15, 0.2) is 66.9 Å². The Hall–Kier alpha value is -2.72. The highest BCUT2D eigenvalue weighted by Crippen LogP contribution is 2.29. The van der Waals surface area contributed by atoms with E-state index in [-0.39, 0.29) is 5.97 Å². The van der Waals surface area contributed by atoms with Crippen molar-refractivity contribution in [3.05, 3.63) is 71.8 Å². The number of allylic oxidation sites excluding steroid dienone is 1. The third-order valence-corrected chi connectivity index (χ3v) is 6.28. The second kappa shape index (κ2) is 12.2. The first kappa shape index (κ1) is 23.0. The standard InChI is InChI=1S/C27H31NO2S/c1-3-5-6-7-8-9-11-25-20-28-27(31-25)23-14-12-21(13-15-23)22-16-18-24(19-17-22)30-26(29)10-4-2/h4,10,12-20H,3,5-9,11H2,1-2H3/b10-4+. The van der Waals surface area contributed by atoms with E-state index >= 15 is 0 Å². The van der Waals surface area contributed by atoms with Crippen molar-refractivity contribution >= 4 is 17.3 Å². The monoisotopic (exact) mass is 433 g/mol. The largest absolute Gasteiger partial charge is 0.423 e. The van der Waals surface area contributed by atoms with E-state index in [9.17, 15) is 4.79 Å². The van der Waals surface area contributed by atoms with Gasteiger partial charge in [-0.05, 0) is 43.0 Å². The van der Waals surface area contributed by atoms with E-state index in [2.05, 4.69) is 36.2 Å². The van der Waals surface area contributed by atoms with Gasteiger partial charge in [-0.15, -0.1) is 11.3 Å². The number of ether oxygens (including phenoxy) is 1. The van der Waals surface area contributed by atoms with Gasteiger partial charge in [-0.3, -0.25) is 0 Å². The first-order valence-electron chi connectivity index (χ1n) is 11.2. The molecule has 0 radical (unpaired) electrons. The van der Waals surface area contributed by atoms with Crippen molar-refractivity contribution in [2.45, 2.75) is 58.8 Å². The van der Waals surface area contributed by atoms with Crippen LogP contribution in [0.3, 0.4) is 0 Å². The molecule has 0 bridgehead atoms. The molecular formula is C27H31NO2S. The Labute approximate surface area is 189 Å². The van der Waals surface area contributed by atoms with Crippen molar-refractivity contribution in [3.8, 4) is 27.4 Å². The van der Waals surface area contributed by atoms with E-state index in [1.807, 2.05) is 30.5 Å². The zero-order valence-electron chi connectivity index (χ0n) is 18.5. The second-order valence-electron chi connectivity index (χ2n) is 7.67. The predicted molar refractivity (Wildman–Crippen MR) is 131 cm³/mol. The van der Waals surface area contributed by atoms with Crippen molar-refractivity contribution in [2.24, 2.45) is 0 Å². The molecule has 3 aromatic rings. The van der Waals surface area contributed by atoms with Gasteiger partial charge >= 0.3 is 5.97 Å². The van der Waals surface area contributed by atoms with Crippen molar-refractivity contribution < 1.29 is 9.53 Å². The van der Waals surface area contributed by atoms with Crippen LogP contribution in [-0.4, -0.2) is 11.0 Å². The Bertz CT molecular complexity index is 971. The number of rotatable bonds is 11. The van der Waals surface area contributed by atoms with Crippen LogP contribution in [0.2, 0.25) is 0 Å². The minimum atomic E-state index is -0.362. The highest BCUT2D eigenvalue weighted by Gasteiger charge is 2.07. The fraction of sp³-hybridized carbons (Fsp3) is 0.333. The Morgan fingerprint density at radius 1 is 0.903 bits per heavy atom. The molecule has 2 aromatic carbocycles. The zero-order chi connectivity index (χ0) is 21.9. The Morgan fingerprint density at radius 3 is 2.19 bits per heavy atom. The molecule has 1 aromatic heterocycles. The maximum atomic E-state index is 11.5. The highest BCUT2D eigenvalue weighted by molar-refractivity contribution is 7.15. The number of nitrogens with zero attached hydrogens (tertiary/aromatic N) is 1. The number of thiazole rings is 1. The molecule has 0 N–H and O–H groups in total. The number of hydrogen-bond acceptors (Lipinski definition) is 4. The van der Waals surface area contributed by atoms with E-state index in [1.165, 1.54) is 49.5 Å². The molecule has 0 aliphatic carbocycles. The lowest BCUT2D eigenvalue weighted by molar-refractivity contribution is -0.129. The smallest absolute Gasteiger partial charge is 0.335 e. The molecule has 0 spiro atoms. The van der Waals surface area contributed by atoms with Gasteiger partial charge in [-0.1, -0.05) is 81.5 Å². The summed E-state index contributed by atoms with van der Waals surface area (Å²) in [7, 11) is 0. The summed E-state index contributed by atoms with van der Waals surface area (Å²) in [4.78, 5) is 17.5. The molecular weight excluding hydrogens is 402 g/mol. The number of unbranched alkanes of at least 4 members (excludes halogenated alkanes) is 5. The van der Waals surface area contributed by atoms with Crippen LogP contribution in [0.25, 0.3) is 21.7 Å². The molecule has 31 heavy (non-hydrogen) atoms. The van der Waals surface area contributed by atoms with Gasteiger partial charge in [-0.25, -0.2) is 9.78 Å². The van der Waals surface area contributed by atoms with Crippen molar-refractivity contribution in [3.63, 3.8) is 0 Å². The van der Waals surface area contributed by atoms with Gasteiger partial charge in [0.25, 0.3) is 0 Å². The van der Waals surface area contributed by atoms with Crippen LogP contribution in [-0.2, 0) is 11.2 Å². The molecule has 0 aliphatic heterocycles. The van der Waals surface area contributed by atoms with Crippen LogP contribution in [0.4, 0.5) is 0 Å². The van der Waals surface area contributed by atoms with Crippen molar-refractivity contribution in [2.75, 3.05) is 0 Å². The molecule has 0 unspecified atom stereocenters. The third kappa shape index (κ3) is 7.18. The number of carbonyl (C=O) groups is 1.